The van der Waals surface area contributed by atoms with Gasteiger partial charge in [-0.05, 0) is 32.9 Å². The van der Waals surface area contributed by atoms with Crippen molar-refractivity contribution in [2.75, 3.05) is 13.1 Å². The minimum absolute atomic E-state index is 0.121. The van der Waals surface area contributed by atoms with Gasteiger partial charge in [0.05, 0.1) is 24.3 Å². The number of hydroxylamine groups is 1. The monoisotopic (exact) mass is 322 g/mol. The highest BCUT2D eigenvalue weighted by Gasteiger charge is 2.37. The van der Waals surface area contributed by atoms with E-state index in [1.807, 2.05) is 0 Å². The maximum atomic E-state index is 12.0. The van der Waals surface area contributed by atoms with Crippen molar-refractivity contribution in [2.45, 2.75) is 38.5 Å². The van der Waals surface area contributed by atoms with E-state index in [4.69, 9.17) is 9.57 Å². The van der Waals surface area contributed by atoms with Crippen molar-refractivity contribution >= 4 is 12.1 Å². The molecule has 1 saturated heterocycles. The normalized spacial score (nSPS) is 21.1. The van der Waals surface area contributed by atoms with Crippen LogP contribution in [0, 0.1) is 0 Å². The number of likely N-dealkylation sites (tertiary alicyclic amines) is 1. The number of benzene rings is 1. The molecule has 1 aromatic carbocycles. The van der Waals surface area contributed by atoms with Crippen molar-refractivity contribution in [1.29, 1.82) is 0 Å². The fourth-order valence-corrected chi connectivity index (χ4v) is 2.14. The van der Waals surface area contributed by atoms with Gasteiger partial charge in [0, 0.05) is 6.54 Å². The summed E-state index contributed by atoms with van der Waals surface area (Å²) in [6, 6.07) is 7.94. The lowest BCUT2D eigenvalue weighted by Gasteiger charge is -2.24. The third-order valence-electron chi connectivity index (χ3n) is 3.25. The summed E-state index contributed by atoms with van der Waals surface area (Å²) in [6.07, 6.45) is -1.35. The summed E-state index contributed by atoms with van der Waals surface area (Å²) in [7, 11) is 0. The minimum Gasteiger partial charge on any atom is -0.444 e. The summed E-state index contributed by atoms with van der Waals surface area (Å²) < 4.78 is 5.25. The summed E-state index contributed by atoms with van der Waals surface area (Å²) in [5.74, 6) is -0.548. The molecule has 2 rings (SSSR count). The van der Waals surface area contributed by atoms with Gasteiger partial charge in [-0.3, -0.25) is 0 Å². The maximum absolute atomic E-state index is 12.0. The molecule has 0 spiro atoms. The van der Waals surface area contributed by atoms with E-state index < -0.39 is 29.8 Å². The van der Waals surface area contributed by atoms with E-state index >= 15 is 0 Å². The predicted molar refractivity (Wildman–Crippen MR) is 82.6 cm³/mol. The van der Waals surface area contributed by atoms with Crippen LogP contribution in [0.2, 0.25) is 0 Å². The second-order valence-electron chi connectivity index (χ2n) is 6.43. The standard InChI is InChI=1S/C16H22N2O5/c1-16(2,3)22-15(21)18-9-12(13(19)10-18)17-23-14(20)11-7-5-4-6-8-11/h4-8,12-13,17,19H,9-10H2,1-3H3/t12-,13+/m1/s1. The predicted octanol–water partition coefficient (Wildman–Crippen LogP) is 1.33. The molecule has 0 saturated carbocycles. The van der Waals surface area contributed by atoms with Crippen LogP contribution < -0.4 is 5.48 Å². The van der Waals surface area contributed by atoms with E-state index in [2.05, 4.69) is 5.48 Å². The summed E-state index contributed by atoms with van der Waals surface area (Å²) in [4.78, 5) is 30.2. The molecule has 1 aliphatic rings. The lowest BCUT2D eigenvalue weighted by atomic mass is 10.2. The van der Waals surface area contributed by atoms with Gasteiger partial charge in [0.25, 0.3) is 0 Å². The number of carbonyl (C=O) groups is 2. The first kappa shape index (κ1) is 17.2. The summed E-state index contributed by atoms with van der Waals surface area (Å²) in [5, 5.41) is 9.99. The largest absolute Gasteiger partial charge is 0.444 e. The highest BCUT2D eigenvalue weighted by atomic mass is 16.7. The molecule has 0 aliphatic carbocycles. The van der Waals surface area contributed by atoms with E-state index in [9.17, 15) is 14.7 Å². The van der Waals surface area contributed by atoms with Gasteiger partial charge in [-0.1, -0.05) is 18.2 Å². The Bertz CT molecular complexity index is 555. The zero-order valence-corrected chi connectivity index (χ0v) is 13.5. The van der Waals surface area contributed by atoms with Crippen LogP contribution >= 0.6 is 0 Å². The molecule has 0 unspecified atom stereocenters. The van der Waals surface area contributed by atoms with Gasteiger partial charge >= 0.3 is 12.1 Å². The Hall–Kier alpha value is -2.12. The molecule has 1 amide bonds. The van der Waals surface area contributed by atoms with E-state index in [1.165, 1.54) is 4.90 Å². The Kier molecular flexibility index (Phi) is 5.23. The number of carbonyl (C=O) groups excluding carboxylic acids is 2. The summed E-state index contributed by atoms with van der Waals surface area (Å²) in [6.45, 7) is 5.63. The molecular weight excluding hydrogens is 300 g/mol. The van der Waals surface area contributed by atoms with Gasteiger partial charge < -0.3 is 19.6 Å². The molecule has 23 heavy (non-hydrogen) atoms. The first-order chi connectivity index (χ1) is 10.8. The van der Waals surface area contributed by atoms with Crippen molar-refractivity contribution in [3.63, 3.8) is 0 Å². The van der Waals surface area contributed by atoms with Gasteiger partial charge in [0.1, 0.15) is 5.60 Å². The third-order valence-corrected chi connectivity index (χ3v) is 3.25. The second kappa shape index (κ2) is 6.97. The molecule has 126 valence electrons. The Morgan fingerprint density at radius 2 is 1.87 bits per heavy atom. The van der Waals surface area contributed by atoms with Crippen molar-refractivity contribution in [3.05, 3.63) is 35.9 Å². The Labute approximate surface area is 135 Å². The smallest absolute Gasteiger partial charge is 0.410 e. The zero-order valence-electron chi connectivity index (χ0n) is 13.5. The molecule has 1 heterocycles. The molecule has 7 heteroatoms. The summed E-state index contributed by atoms with van der Waals surface area (Å²) >= 11 is 0. The van der Waals surface area contributed by atoms with E-state index in [0.717, 1.165) is 0 Å². The van der Waals surface area contributed by atoms with Crippen LogP contribution in [0.1, 0.15) is 31.1 Å². The minimum atomic E-state index is -0.842. The average Bonchev–Trinajstić information content (AvgIpc) is 2.85. The van der Waals surface area contributed by atoms with Crippen LogP contribution in [0.25, 0.3) is 0 Å². The number of aliphatic hydroxyl groups is 1. The number of nitrogens with one attached hydrogen (secondary N) is 1. The highest BCUT2D eigenvalue weighted by molar-refractivity contribution is 5.89. The molecular formula is C16H22N2O5. The van der Waals surface area contributed by atoms with Crippen molar-refractivity contribution in [3.8, 4) is 0 Å². The molecule has 1 fully saturated rings. The van der Waals surface area contributed by atoms with Crippen molar-refractivity contribution < 1.29 is 24.3 Å². The molecule has 0 aromatic heterocycles. The topological polar surface area (TPSA) is 88.1 Å². The second-order valence-corrected chi connectivity index (χ2v) is 6.43. The van der Waals surface area contributed by atoms with E-state index in [1.54, 1.807) is 51.1 Å². The fourth-order valence-electron chi connectivity index (χ4n) is 2.14. The number of β-amino-alcohol motifs (C(OH)–C–C–N with tert-alkyl or cyclic N) is 1. The average molecular weight is 322 g/mol. The van der Waals surface area contributed by atoms with Gasteiger partial charge in [-0.15, -0.1) is 5.48 Å². The van der Waals surface area contributed by atoms with Gasteiger partial charge in [0.2, 0.25) is 0 Å². The molecule has 0 bridgehead atoms. The van der Waals surface area contributed by atoms with Crippen LogP contribution in [0.15, 0.2) is 30.3 Å². The number of hydrogen-bond acceptors (Lipinski definition) is 6. The number of amides is 1. The Balaban J connectivity index is 1.85. The molecule has 0 radical (unpaired) electrons. The number of nitrogens with zero attached hydrogens (tertiary/aromatic N) is 1. The van der Waals surface area contributed by atoms with Crippen LogP contribution in [-0.2, 0) is 9.57 Å². The molecule has 1 aromatic rings. The lowest BCUT2D eigenvalue weighted by Crippen LogP contribution is -2.41. The maximum Gasteiger partial charge on any atom is 0.410 e. The molecule has 1 aliphatic heterocycles. The van der Waals surface area contributed by atoms with E-state index in [-0.39, 0.29) is 13.1 Å². The van der Waals surface area contributed by atoms with Gasteiger partial charge in [-0.2, -0.15) is 0 Å². The number of aliphatic hydroxyl groups excluding tert-OH is 1. The molecule has 2 N–H and O–H groups in total. The number of ether oxygens (including phenoxy) is 1. The van der Waals surface area contributed by atoms with Crippen LogP contribution in [0.4, 0.5) is 4.79 Å². The highest BCUT2D eigenvalue weighted by Crippen LogP contribution is 2.16. The summed E-state index contributed by atoms with van der Waals surface area (Å²) in [5.41, 5.74) is 2.32. The van der Waals surface area contributed by atoms with Gasteiger partial charge in [0.15, 0.2) is 0 Å². The van der Waals surface area contributed by atoms with Gasteiger partial charge in [-0.25, -0.2) is 9.59 Å². The Morgan fingerprint density at radius 3 is 2.48 bits per heavy atom. The SMILES string of the molecule is CC(C)(C)OC(=O)N1C[C@H](O)[C@H](NOC(=O)c2ccccc2)C1. The van der Waals surface area contributed by atoms with E-state index in [0.29, 0.717) is 5.56 Å². The number of hydrogen-bond donors (Lipinski definition) is 2. The molecule has 7 nitrogen and oxygen atoms in total. The Morgan fingerprint density at radius 1 is 1.22 bits per heavy atom. The van der Waals surface area contributed by atoms with Crippen LogP contribution in [-0.4, -0.2) is 52.9 Å². The van der Waals surface area contributed by atoms with Crippen molar-refractivity contribution in [1.82, 2.24) is 10.4 Å². The quantitative estimate of drug-likeness (QED) is 0.816. The molecule has 2 atom stereocenters. The third kappa shape index (κ3) is 4.94. The number of rotatable bonds is 3. The zero-order chi connectivity index (χ0) is 17.0. The first-order valence-electron chi connectivity index (χ1n) is 7.44. The van der Waals surface area contributed by atoms with Crippen molar-refractivity contribution in [2.24, 2.45) is 0 Å². The lowest BCUT2D eigenvalue weighted by molar-refractivity contribution is 0.00307. The van der Waals surface area contributed by atoms with Crippen LogP contribution in [0.3, 0.4) is 0 Å². The fraction of sp³-hybridized carbons (Fsp3) is 0.500. The first-order valence-corrected chi connectivity index (χ1v) is 7.44. The van der Waals surface area contributed by atoms with Crippen LogP contribution in [0.5, 0.6) is 0 Å².